The summed E-state index contributed by atoms with van der Waals surface area (Å²) in [6.07, 6.45) is 0.590. The van der Waals surface area contributed by atoms with E-state index in [2.05, 4.69) is 4.57 Å². The minimum Gasteiger partial charge on any atom is -0.330 e. The van der Waals surface area contributed by atoms with Crippen molar-refractivity contribution in [2.75, 3.05) is 13.1 Å². The SMILES string of the molecule is Cc1ccc2c(c1)nc([C@@H](C(C)C)N(CCCN)C(=O)c1ccc(C)c(F)c1)n2Cc1cccc(F)c1. The highest BCUT2D eigenvalue weighted by molar-refractivity contribution is 5.94. The summed E-state index contributed by atoms with van der Waals surface area (Å²) in [5, 5.41) is 0. The van der Waals surface area contributed by atoms with Crippen molar-refractivity contribution < 1.29 is 13.6 Å². The number of benzene rings is 3. The number of aryl methyl sites for hydroxylation is 2. The Bertz CT molecular complexity index is 1410. The number of carbonyl (C=O) groups excluding carboxylic acids is 1. The number of fused-ring (bicyclic) bond motifs is 1. The summed E-state index contributed by atoms with van der Waals surface area (Å²) in [5.74, 6) is -0.300. The maximum absolute atomic E-state index is 14.4. The van der Waals surface area contributed by atoms with Crippen LogP contribution in [0.1, 0.15) is 59.2 Å². The summed E-state index contributed by atoms with van der Waals surface area (Å²) in [6.45, 7) is 8.97. The maximum atomic E-state index is 14.4. The highest BCUT2D eigenvalue weighted by Crippen LogP contribution is 2.33. The lowest BCUT2D eigenvalue weighted by Gasteiger charge is -2.34. The van der Waals surface area contributed by atoms with Crippen LogP contribution in [0, 0.1) is 31.4 Å². The van der Waals surface area contributed by atoms with Gasteiger partial charge in [-0.1, -0.05) is 38.1 Å². The van der Waals surface area contributed by atoms with Crippen LogP contribution in [0.15, 0.2) is 60.7 Å². The lowest BCUT2D eigenvalue weighted by molar-refractivity contribution is 0.0604. The van der Waals surface area contributed by atoms with Crippen molar-refractivity contribution in [1.82, 2.24) is 14.5 Å². The van der Waals surface area contributed by atoms with E-state index in [1.807, 2.05) is 45.0 Å². The Hall–Kier alpha value is -3.58. The first-order valence-corrected chi connectivity index (χ1v) is 12.7. The number of amides is 1. The molecule has 0 aliphatic carbocycles. The number of imidazole rings is 1. The van der Waals surface area contributed by atoms with E-state index in [-0.39, 0.29) is 23.2 Å². The zero-order valence-electron chi connectivity index (χ0n) is 21.8. The number of halogens is 2. The minimum absolute atomic E-state index is 0.0128. The highest BCUT2D eigenvalue weighted by atomic mass is 19.1. The number of nitrogens with zero attached hydrogens (tertiary/aromatic N) is 3. The molecule has 2 N–H and O–H groups in total. The summed E-state index contributed by atoms with van der Waals surface area (Å²) in [4.78, 5) is 20.6. The first-order valence-electron chi connectivity index (χ1n) is 12.7. The van der Waals surface area contributed by atoms with Crippen molar-refractivity contribution in [3.8, 4) is 0 Å². The fourth-order valence-corrected chi connectivity index (χ4v) is 4.79. The molecule has 3 aromatic carbocycles. The molecule has 4 aromatic rings. The van der Waals surface area contributed by atoms with Crippen molar-refractivity contribution in [3.05, 3.63) is 100 Å². The molecule has 0 aliphatic rings. The Balaban J connectivity index is 1.87. The Morgan fingerprint density at radius 2 is 1.84 bits per heavy atom. The Labute approximate surface area is 216 Å². The van der Waals surface area contributed by atoms with Crippen LogP contribution in [0.25, 0.3) is 11.0 Å². The van der Waals surface area contributed by atoms with E-state index in [1.54, 1.807) is 30.0 Å². The molecule has 1 atom stereocenters. The van der Waals surface area contributed by atoms with E-state index < -0.39 is 11.9 Å². The van der Waals surface area contributed by atoms with Gasteiger partial charge in [0.05, 0.1) is 17.1 Å². The van der Waals surface area contributed by atoms with Crippen LogP contribution in [0.2, 0.25) is 0 Å². The van der Waals surface area contributed by atoms with Crippen LogP contribution in [0.5, 0.6) is 0 Å². The molecule has 1 amide bonds. The summed E-state index contributed by atoms with van der Waals surface area (Å²) in [5.41, 5.74) is 10.2. The van der Waals surface area contributed by atoms with Gasteiger partial charge in [-0.2, -0.15) is 0 Å². The standard InChI is InChI=1S/C30H34F2N4O/c1-19(2)28(35(14-6-13-33)30(37)23-11-10-21(4)25(32)17-23)29-34-26-15-20(3)9-12-27(26)36(29)18-22-7-5-8-24(31)16-22/h5,7-12,15-17,19,28H,6,13-14,18,33H2,1-4H3/t28-/m1/s1. The van der Waals surface area contributed by atoms with Gasteiger partial charge < -0.3 is 15.2 Å². The molecule has 0 fully saturated rings. The monoisotopic (exact) mass is 504 g/mol. The Kier molecular flexibility index (Phi) is 8.03. The van der Waals surface area contributed by atoms with Crippen molar-refractivity contribution in [2.45, 2.75) is 46.7 Å². The molecule has 0 bridgehead atoms. The molecule has 5 nitrogen and oxygen atoms in total. The normalized spacial score (nSPS) is 12.3. The number of aromatic nitrogens is 2. The second-order valence-electron chi connectivity index (χ2n) is 9.97. The van der Waals surface area contributed by atoms with Gasteiger partial charge in [-0.15, -0.1) is 0 Å². The molecular weight excluding hydrogens is 470 g/mol. The number of hydrogen-bond donors (Lipinski definition) is 1. The van der Waals surface area contributed by atoms with Crippen molar-refractivity contribution in [3.63, 3.8) is 0 Å². The van der Waals surface area contributed by atoms with E-state index in [0.29, 0.717) is 37.4 Å². The molecule has 4 rings (SSSR count). The Morgan fingerprint density at radius 3 is 2.51 bits per heavy atom. The van der Waals surface area contributed by atoms with Gasteiger partial charge >= 0.3 is 0 Å². The van der Waals surface area contributed by atoms with Gasteiger partial charge in [0, 0.05) is 18.7 Å². The molecule has 1 heterocycles. The summed E-state index contributed by atoms with van der Waals surface area (Å²) >= 11 is 0. The molecule has 0 saturated carbocycles. The van der Waals surface area contributed by atoms with E-state index in [4.69, 9.17) is 10.7 Å². The van der Waals surface area contributed by atoms with Crippen LogP contribution in [0.3, 0.4) is 0 Å². The first kappa shape index (κ1) is 26.5. The van der Waals surface area contributed by atoms with Crippen LogP contribution in [-0.2, 0) is 6.54 Å². The predicted molar refractivity (Wildman–Crippen MR) is 143 cm³/mol. The molecule has 194 valence electrons. The van der Waals surface area contributed by atoms with Crippen LogP contribution in [0.4, 0.5) is 8.78 Å². The molecule has 7 heteroatoms. The van der Waals surface area contributed by atoms with E-state index in [9.17, 15) is 13.6 Å². The fourth-order valence-electron chi connectivity index (χ4n) is 4.79. The summed E-state index contributed by atoms with van der Waals surface area (Å²) in [6, 6.07) is 16.7. The van der Waals surface area contributed by atoms with Crippen molar-refractivity contribution in [1.29, 1.82) is 0 Å². The van der Waals surface area contributed by atoms with Gasteiger partial charge in [-0.3, -0.25) is 4.79 Å². The zero-order valence-corrected chi connectivity index (χ0v) is 21.8. The van der Waals surface area contributed by atoms with Crippen LogP contribution < -0.4 is 5.73 Å². The number of hydrogen-bond acceptors (Lipinski definition) is 3. The maximum Gasteiger partial charge on any atom is 0.254 e. The van der Waals surface area contributed by atoms with Gasteiger partial charge in [0.2, 0.25) is 0 Å². The van der Waals surface area contributed by atoms with Gasteiger partial charge in [0.15, 0.2) is 0 Å². The smallest absolute Gasteiger partial charge is 0.254 e. The molecule has 0 radical (unpaired) electrons. The van der Waals surface area contributed by atoms with Crippen molar-refractivity contribution >= 4 is 16.9 Å². The number of carbonyl (C=O) groups is 1. The van der Waals surface area contributed by atoms with Crippen molar-refractivity contribution in [2.24, 2.45) is 11.7 Å². The molecule has 0 spiro atoms. The highest BCUT2D eigenvalue weighted by Gasteiger charge is 2.33. The lowest BCUT2D eigenvalue weighted by atomic mass is 9.99. The third kappa shape index (κ3) is 5.72. The lowest BCUT2D eigenvalue weighted by Crippen LogP contribution is -2.40. The predicted octanol–water partition coefficient (Wildman–Crippen LogP) is 6.17. The third-order valence-electron chi connectivity index (χ3n) is 6.68. The van der Waals surface area contributed by atoms with Crippen LogP contribution >= 0.6 is 0 Å². The number of nitrogens with two attached hydrogens (primary N) is 1. The summed E-state index contributed by atoms with van der Waals surface area (Å²) in [7, 11) is 0. The summed E-state index contributed by atoms with van der Waals surface area (Å²) < 4.78 is 30.5. The minimum atomic E-state index is -0.417. The zero-order chi connectivity index (χ0) is 26.7. The average Bonchev–Trinajstić information content (AvgIpc) is 3.19. The average molecular weight is 505 g/mol. The molecule has 0 unspecified atom stereocenters. The molecule has 37 heavy (non-hydrogen) atoms. The third-order valence-corrected chi connectivity index (χ3v) is 6.68. The van der Waals surface area contributed by atoms with E-state index in [0.717, 1.165) is 22.2 Å². The fraction of sp³-hybridized carbons (Fsp3) is 0.333. The first-order chi connectivity index (χ1) is 17.7. The molecule has 0 aliphatic heterocycles. The second kappa shape index (κ2) is 11.2. The second-order valence-corrected chi connectivity index (χ2v) is 9.97. The van der Waals surface area contributed by atoms with E-state index >= 15 is 0 Å². The molecular formula is C30H34F2N4O. The van der Waals surface area contributed by atoms with Crippen LogP contribution in [-0.4, -0.2) is 33.4 Å². The Morgan fingerprint density at radius 1 is 1.05 bits per heavy atom. The van der Waals surface area contributed by atoms with Gasteiger partial charge in [-0.25, -0.2) is 13.8 Å². The molecule has 0 saturated heterocycles. The van der Waals surface area contributed by atoms with Gasteiger partial charge in [0.25, 0.3) is 5.91 Å². The largest absolute Gasteiger partial charge is 0.330 e. The van der Waals surface area contributed by atoms with E-state index in [1.165, 1.54) is 18.2 Å². The quantitative estimate of drug-likeness (QED) is 0.297. The molecule has 1 aromatic heterocycles. The van der Waals surface area contributed by atoms with Gasteiger partial charge in [-0.05, 0) is 85.8 Å². The topological polar surface area (TPSA) is 64.2 Å². The van der Waals surface area contributed by atoms with Gasteiger partial charge in [0.1, 0.15) is 17.5 Å². The number of rotatable bonds is 9.